The van der Waals surface area contributed by atoms with Crippen LogP contribution in [0.15, 0.2) is 48.7 Å². The molecule has 0 spiro atoms. The second-order valence-electron chi connectivity index (χ2n) is 6.57. The number of hydrogen-bond donors (Lipinski definition) is 1. The van der Waals surface area contributed by atoms with E-state index in [2.05, 4.69) is 15.3 Å². The number of pyridine rings is 2. The number of alkyl halides is 3. The summed E-state index contributed by atoms with van der Waals surface area (Å²) >= 11 is 1.82. The molecule has 0 aliphatic carbocycles. The van der Waals surface area contributed by atoms with Gasteiger partial charge in [0, 0.05) is 29.4 Å². The number of aromatic nitrogens is 2. The highest BCUT2D eigenvalue weighted by atomic mass is 32.2. The van der Waals surface area contributed by atoms with Crippen LogP contribution in [-0.2, 0) is 6.18 Å². The zero-order valence-electron chi connectivity index (χ0n) is 15.1. The molecule has 3 heterocycles. The Morgan fingerprint density at radius 2 is 2.03 bits per heavy atom. The molecule has 2 aromatic heterocycles. The maximum atomic E-state index is 12.6. The molecule has 4 rings (SSSR count). The molecule has 1 aromatic carbocycles. The summed E-state index contributed by atoms with van der Waals surface area (Å²) in [5.41, 5.74) is 0.119. The molecule has 29 heavy (non-hydrogen) atoms. The van der Waals surface area contributed by atoms with Gasteiger partial charge in [-0.05, 0) is 42.5 Å². The van der Waals surface area contributed by atoms with Crippen molar-refractivity contribution in [3.05, 3.63) is 59.9 Å². The molecule has 0 saturated carbocycles. The first kappa shape index (κ1) is 19.5. The van der Waals surface area contributed by atoms with Gasteiger partial charge in [-0.15, -0.1) is 0 Å². The number of thioether (sulfide) groups is 1. The third-order valence-corrected chi connectivity index (χ3v) is 5.61. The number of rotatable bonds is 4. The van der Waals surface area contributed by atoms with Gasteiger partial charge in [-0.2, -0.15) is 24.9 Å². The van der Waals surface area contributed by atoms with Crippen molar-refractivity contribution in [2.45, 2.75) is 18.6 Å². The SMILES string of the molecule is O=C(NC1CCSC1)c1ccc2cc(Oc3ccc(C(F)(F)F)cn3)ccc2n1. The number of hydrogen-bond acceptors (Lipinski definition) is 5. The van der Waals surface area contributed by atoms with Gasteiger partial charge in [0.05, 0.1) is 11.1 Å². The van der Waals surface area contributed by atoms with E-state index in [1.54, 1.807) is 30.3 Å². The first-order chi connectivity index (χ1) is 13.9. The Balaban J connectivity index is 1.48. The Morgan fingerprint density at radius 3 is 2.72 bits per heavy atom. The van der Waals surface area contributed by atoms with Crippen LogP contribution < -0.4 is 10.1 Å². The summed E-state index contributed by atoms with van der Waals surface area (Å²) in [6, 6.07) is 10.7. The van der Waals surface area contributed by atoms with E-state index in [1.165, 1.54) is 6.07 Å². The number of carbonyl (C=O) groups is 1. The van der Waals surface area contributed by atoms with Crippen LogP contribution in [0.3, 0.4) is 0 Å². The molecule has 150 valence electrons. The monoisotopic (exact) mass is 419 g/mol. The molecule has 1 fully saturated rings. The van der Waals surface area contributed by atoms with Crippen LogP contribution >= 0.6 is 11.8 Å². The summed E-state index contributed by atoms with van der Waals surface area (Å²) in [5.74, 6) is 2.22. The number of benzene rings is 1. The zero-order chi connectivity index (χ0) is 20.4. The fraction of sp³-hybridized carbons (Fsp3) is 0.250. The van der Waals surface area contributed by atoms with E-state index in [0.717, 1.165) is 35.6 Å². The van der Waals surface area contributed by atoms with Crippen LogP contribution in [0.4, 0.5) is 13.2 Å². The van der Waals surface area contributed by atoms with Crippen molar-refractivity contribution in [3.8, 4) is 11.6 Å². The highest BCUT2D eigenvalue weighted by Crippen LogP contribution is 2.30. The van der Waals surface area contributed by atoms with Crippen LogP contribution in [0.1, 0.15) is 22.5 Å². The van der Waals surface area contributed by atoms with Crippen LogP contribution in [0.2, 0.25) is 0 Å². The first-order valence-electron chi connectivity index (χ1n) is 8.89. The van der Waals surface area contributed by atoms with Crippen molar-refractivity contribution in [2.24, 2.45) is 0 Å². The van der Waals surface area contributed by atoms with Gasteiger partial charge in [-0.1, -0.05) is 6.07 Å². The molecule has 1 aliphatic heterocycles. The van der Waals surface area contributed by atoms with Crippen molar-refractivity contribution in [2.75, 3.05) is 11.5 Å². The van der Waals surface area contributed by atoms with E-state index in [-0.39, 0.29) is 17.8 Å². The summed E-state index contributed by atoms with van der Waals surface area (Å²) in [7, 11) is 0. The molecule has 1 saturated heterocycles. The molecule has 5 nitrogen and oxygen atoms in total. The van der Waals surface area contributed by atoms with E-state index in [9.17, 15) is 18.0 Å². The Hall–Kier alpha value is -2.81. The summed E-state index contributed by atoms with van der Waals surface area (Å²) in [4.78, 5) is 20.4. The highest BCUT2D eigenvalue weighted by Gasteiger charge is 2.30. The summed E-state index contributed by atoms with van der Waals surface area (Å²) in [6.45, 7) is 0. The fourth-order valence-corrected chi connectivity index (χ4v) is 4.08. The van der Waals surface area contributed by atoms with Crippen molar-refractivity contribution < 1.29 is 22.7 Å². The first-order valence-corrected chi connectivity index (χ1v) is 10.0. The molecule has 1 atom stereocenters. The molecule has 3 aromatic rings. The summed E-state index contributed by atoms with van der Waals surface area (Å²) < 4.78 is 43.4. The number of nitrogens with zero attached hydrogens (tertiary/aromatic N) is 2. The van der Waals surface area contributed by atoms with Gasteiger partial charge < -0.3 is 10.1 Å². The third kappa shape index (κ3) is 4.61. The Morgan fingerprint density at radius 1 is 1.17 bits per heavy atom. The molecule has 1 aliphatic rings. The lowest BCUT2D eigenvalue weighted by Gasteiger charge is -2.11. The average Bonchev–Trinajstić information content (AvgIpc) is 3.20. The smallest absolute Gasteiger partial charge is 0.417 e. The van der Waals surface area contributed by atoms with Gasteiger partial charge in [-0.25, -0.2) is 9.97 Å². The van der Waals surface area contributed by atoms with Gasteiger partial charge in [0.25, 0.3) is 5.91 Å². The number of fused-ring (bicyclic) bond motifs is 1. The van der Waals surface area contributed by atoms with Gasteiger partial charge in [0.2, 0.25) is 5.88 Å². The Bertz CT molecular complexity index is 1040. The lowest BCUT2D eigenvalue weighted by molar-refractivity contribution is -0.137. The van der Waals surface area contributed by atoms with Crippen LogP contribution in [0.25, 0.3) is 10.9 Å². The molecule has 0 radical (unpaired) electrons. The van der Waals surface area contributed by atoms with Crippen molar-refractivity contribution in [3.63, 3.8) is 0 Å². The summed E-state index contributed by atoms with van der Waals surface area (Å²) in [5, 5.41) is 3.72. The van der Waals surface area contributed by atoms with E-state index in [1.807, 2.05) is 11.8 Å². The maximum absolute atomic E-state index is 12.6. The van der Waals surface area contributed by atoms with E-state index in [4.69, 9.17) is 4.74 Å². The topological polar surface area (TPSA) is 64.1 Å². The zero-order valence-corrected chi connectivity index (χ0v) is 15.9. The van der Waals surface area contributed by atoms with E-state index < -0.39 is 11.7 Å². The van der Waals surface area contributed by atoms with E-state index in [0.29, 0.717) is 17.0 Å². The van der Waals surface area contributed by atoms with Crippen molar-refractivity contribution in [1.82, 2.24) is 15.3 Å². The maximum Gasteiger partial charge on any atom is 0.417 e. The van der Waals surface area contributed by atoms with Gasteiger partial charge in [0.15, 0.2) is 0 Å². The molecule has 1 unspecified atom stereocenters. The van der Waals surface area contributed by atoms with Gasteiger partial charge in [-0.3, -0.25) is 4.79 Å². The number of carbonyl (C=O) groups excluding carboxylic acids is 1. The predicted octanol–water partition coefficient (Wildman–Crippen LogP) is 4.68. The molecular weight excluding hydrogens is 403 g/mol. The van der Waals surface area contributed by atoms with Gasteiger partial charge >= 0.3 is 6.18 Å². The van der Waals surface area contributed by atoms with Gasteiger partial charge in [0.1, 0.15) is 11.4 Å². The second kappa shape index (κ2) is 7.90. The lowest BCUT2D eigenvalue weighted by atomic mass is 10.2. The molecule has 9 heteroatoms. The number of amides is 1. The predicted molar refractivity (Wildman–Crippen MR) is 104 cm³/mol. The van der Waals surface area contributed by atoms with Crippen LogP contribution in [0, 0.1) is 0 Å². The van der Waals surface area contributed by atoms with Crippen molar-refractivity contribution in [1.29, 1.82) is 0 Å². The number of halogens is 3. The standard InChI is InChI=1S/C20H16F3N3O2S/c21-20(22,23)13-2-6-18(24-10-13)28-15-3-5-16-12(9-15)1-4-17(26-16)19(27)25-14-7-8-29-11-14/h1-6,9-10,14H,7-8,11H2,(H,25,27). The van der Waals surface area contributed by atoms with Crippen LogP contribution in [-0.4, -0.2) is 33.4 Å². The van der Waals surface area contributed by atoms with Crippen LogP contribution in [0.5, 0.6) is 11.6 Å². The minimum absolute atomic E-state index is 0.0516. The largest absolute Gasteiger partial charge is 0.439 e. The molecule has 1 amide bonds. The number of ether oxygens (including phenoxy) is 1. The summed E-state index contributed by atoms with van der Waals surface area (Å²) in [6.07, 6.45) is -2.75. The second-order valence-corrected chi connectivity index (χ2v) is 7.72. The highest BCUT2D eigenvalue weighted by molar-refractivity contribution is 7.99. The molecule has 1 N–H and O–H groups in total. The van der Waals surface area contributed by atoms with E-state index >= 15 is 0 Å². The normalized spacial score (nSPS) is 16.7. The molecular formula is C20H16F3N3O2S. The third-order valence-electron chi connectivity index (χ3n) is 4.44. The minimum Gasteiger partial charge on any atom is -0.439 e. The molecule has 0 bridgehead atoms. The minimum atomic E-state index is -4.44. The quantitative estimate of drug-likeness (QED) is 0.666. The fourth-order valence-electron chi connectivity index (χ4n) is 2.93. The van der Waals surface area contributed by atoms with Crippen molar-refractivity contribution >= 4 is 28.6 Å². The number of nitrogens with one attached hydrogen (secondary N) is 1. The Kier molecular flexibility index (Phi) is 5.31. The lowest BCUT2D eigenvalue weighted by Crippen LogP contribution is -2.35. The average molecular weight is 419 g/mol. The Labute approximate surface area is 168 Å².